The van der Waals surface area contributed by atoms with Gasteiger partial charge in [0.2, 0.25) is 0 Å². The minimum absolute atomic E-state index is 0.296. The maximum absolute atomic E-state index is 6.17. The third kappa shape index (κ3) is 2.74. The van der Waals surface area contributed by atoms with Crippen LogP contribution in [0.4, 0.5) is 0 Å². The molecular formula is C11H19ClN4. The quantitative estimate of drug-likeness (QED) is 0.761. The summed E-state index contributed by atoms with van der Waals surface area (Å²) in [5.41, 5.74) is 0. The molecule has 1 unspecified atom stereocenters. The van der Waals surface area contributed by atoms with Gasteiger partial charge in [0.15, 0.2) is 0 Å². The van der Waals surface area contributed by atoms with Crippen molar-refractivity contribution in [2.24, 2.45) is 0 Å². The van der Waals surface area contributed by atoms with Crippen molar-refractivity contribution in [3.8, 4) is 0 Å². The van der Waals surface area contributed by atoms with Gasteiger partial charge in [0.1, 0.15) is 12.2 Å². The standard InChI is InChI=1S/C11H19ClN4/c1-9(2)16-11(13-8-14-16)7-15-5-3-4-10(12)6-15/h8-10H,3-7H2,1-2H3. The Bertz CT molecular complexity index is 336. The van der Waals surface area contributed by atoms with Crippen molar-refractivity contribution in [3.05, 3.63) is 12.2 Å². The molecule has 1 fully saturated rings. The van der Waals surface area contributed by atoms with E-state index in [0.29, 0.717) is 11.4 Å². The summed E-state index contributed by atoms with van der Waals surface area (Å²) in [7, 11) is 0. The van der Waals surface area contributed by atoms with Gasteiger partial charge < -0.3 is 0 Å². The molecule has 1 saturated heterocycles. The number of hydrogen-bond acceptors (Lipinski definition) is 3. The van der Waals surface area contributed by atoms with Crippen LogP contribution in [0, 0.1) is 0 Å². The lowest BCUT2D eigenvalue weighted by Gasteiger charge is -2.29. The van der Waals surface area contributed by atoms with E-state index in [4.69, 9.17) is 11.6 Å². The van der Waals surface area contributed by atoms with E-state index in [1.807, 2.05) is 4.68 Å². The second kappa shape index (κ2) is 5.15. The van der Waals surface area contributed by atoms with E-state index in [0.717, 1.165) is 31.9 Å². The number of piperidine rings is 1. The van der Waals surface area contributed by atoms with E-state index >= 15 is 0 Å². The molecule has 1 atom stereocenters. The summed E-state index contributed by atoms with van der Waals surface area (Å²) in [6, 6.07) is 0.370. The third-order valence-electron chi connectivity index (χ3n) is 2.95. The monoisotopic (exact) mass is 242 g/mol. The Kier molecular flexibility index (Phi) is 3.82. The molecule has 1 aromatic rings. The Morgan fingerprint density at radius 3 is 3.06 bits per heavy atom. The fourth-order valence-electron chi connectivity index (χ4n) is 2.16. The lowest BCUT2D eigenvalue weighted by atomic mass is 10.1. The minimum Gasteiger partial charge on any atom is -0.294 e. The normalized spacial score (nSPS) is 22.9. The Morgan fingerprint density at radius 1 is 1.56 bits per heavy atom. The first-order chi connectivity index (χ1) is 7.66. The number of aromatic nitrogens is 3. The van der Waals surface area contributed by atoms with Gasteiger partial charge in [-0.1, -0.05) is 0 Å². The summed E-state index contributed by atoms with van der Waals surface area (Å²) in [6.45, 7) is 7.19. The van der Waals surface area contributed by atoms with Crippen molar-refractivity contribution in [2.75, 3.05) is 13.1 Å². The highest BCUT2D eigenvalue weighted by Gasteiger charge is 2.19. The van der Waals surface area contributed by atoms with Crippen molar-refractivity contribution in [1.29, 1.82) is 0 Å². The molecule has 1 aromatic heterocycles. The largest absolute Gasteiger partial charge is 0.294 e. The molecule has 5 heteroatoms. The minimum atomic E-state index is 0.296. The smallest absolute Gasteiger partial charge is 0.141 e. The molecule has 0 aliphatic carbocycles. The van der Waals surface area contributed by atoms with Gasteiger partial charge in [0.25, 0.3) is 0 Å². The molecule has 0 N–H and O–H groups in total. The third-order valence-corrected chi connectivity index (χ3v) is 3.31. The topological polar surface area (TPSA) is 34.0 Å². The van der Waals surface area contributed by atoms with E-state index < -0.39 is 0 Å². The van der Waals surface area contributed by atoms with Crippen LogP contribution in [0.1, 0.15) is 38.6 Å². The summed E-state index contributed by atoms with van der Waals surface area (Å²) in [5.74, 6) is 1.04. The Morgan fingerprint density at radius 2 is 2.38 bits per heavy atom. The first-order valence-corrected chi connectivity index (χ1v) is 6.35. The van der Waals surface area contributed by atoms with Crippen LogP contribution < -0.4 is 0 Å². The fourth-order valence-corrected chi connectivity index (χ4v) is 2.51. The molecule has 0 saturated carbocycles. The van der Waals surface area contributed by atoms with Crippen molar-refractivity contribution in [3.63, 3.8) is 0 Å². The number of nitrogens with zero attached hydrogens (tertiary/aromatic N) is 4. The van der Waals surface area contributed by atoms with Crippen LogP contribution in [-0.2, 0) is 6.54 Å². The van der Waals surface area contributed by atoms with Crippen molar-refractivity contribution < 1.29 is 0 Å². The highest BCUT2D eigenvalue weighted by molar-refractivity contribution is 6.20. The summed E-state index contributed by atoms with van der Waals surface area (Å²) in [5, 5.41) is 4.54. The highest BCUT2D eigenvalue weighted by Crippen LogP contribution is 2.17. The van der Waals surface area contributed by atoms with Crippen LogP contribution in [-0.4, -0.2) is 38.1 Å². The summed E-state index contributed by atoms with van der Waals surface area (Å²) < 4.78 is 1.98. The lowest BCUT2D eigenvalue weighted by molar-refractivity contribution is 0.213. The van der Waals surface area contributed by atoms with Crippen molar-refractivity contribution >= 4 is 11.6 Å². The molecular weight excluding hydrogens is 224 g/mol. The predicted molar refractivity (Wildman–Crippen MR) is 64.6 cm³/mol. The van der Waals surface area contributed by atoms with Crippen molar-refractivity contribution in [2.45, 2.75) is 44.7 Å². The summed E-state index contributed by atoms with van der Waals surface area (Å²) in [4.78, 5) is 6.69. The number of alkyl halides is 1. The first kappa shape index (κ1) is 11.9. The molecule has 90 valence electrons. The molecule has 0 bridgehead atoms. The van der Waals surface area contributed by atoms with Crippen LogP contribution in [0.3, 0.4) is 0 Å². The van der Waals surface area contributed by atoms with E-state index in [1.54, 1.807) is 6.33 Å². The van der Waals surface area contributed by atoms with Crippen LogP contribution in [0.15, 0.2) is 6.33 Å². The highest BCUT2D eigenvalue weighted by atomic mass is 35.5. The van der Waals surface area contributed by atoms with Gasteiger partial charge in [-0.05, 0) is 33.2 Å². The Labute approximate surface area is 102 Å². The maximum atomic E-state index is 6.17. The van der Waals surface area contributed by atoms with E-state index in [-0.39, 0.29) is 0 Å². The van der Waals surface area contributed by atoms with Gasteiger partial charge in [0.05, 0.1) is 6.54 Å². The maximum Gasteiger partial charge on any atom is 0.141 e. The number of halogens is 1. The van der Waals surface area contributed by atoms with Gasteiger partial charge in [-0.15, -0.1) is 11.6 Å². The average molecular weight is 243 g/mol. The van der Waals surface area contributed by atoms with Crippen molar-refractivity contribution in [1.82, 2.24) is 19.7 Å². The molecule has 16 heavy (non-hydrogen) atoms. The van der Waals surface area contributed by atoms with Gasteiger partial charge in [0, 0.05) is 18.0 Å². The molecule has 0 amide bonds. The zero-order chi connectivity index (χ0) is 11.5. The van der Waals surface area contributed by atoms with E-state index in [1.165, 1.54) is 6.42 Å². The molecule has 2 heterocycles. The van der Waals surface area contributed by atoms with Crippen LogP contribution in [0.25, 0.3) is 0 Å². The van der Waals surface area contributed by atoms with E-state index in [9.17, 15) is 0 Å². The van der Waals surface area contributed by atoms with E-state index in [2.05, 4.69) is 28.8 Å². The molecule has 1 aliphatic heterocycles. The first-order valence-electron chi connectivity index (χ1n) is 5.91. The van der Waals surface area contributed by atoms with Gasteiger partial charge in [-0.2, -0.15) is 5.10 Å². The Hall–Kier alpha value is -0.610. The molecule has 0 radical (unpaired) electrons. The Balaban J connectivity index is 2.00. The second-order valence-electron chi connectivity index (χ2n) is 4.69. The van der Waals surface area contributed by atoms with Gasteiger partial charge >= 0.3 is 0 Å². The molecule has 2 rings (SSSR count). The second-order valence-corrected chi connectivity index (χ2v) is 5.31. The zero-order valence-corrected chi connectivity index (χ0v) is 10.7. The number of hydrogen-bond donors (Lipinski definition) is 0. The summed E-state index contributed by atoms with van der Waals surface area (Å²) in [6.07, 6.45) is 3.95. The van der Waals surface area contributed by atoms with Crippen LogP contribution in [0.5, 0.6) is 0 Å². The van der Waals surface area contributed by atoms with Gasteiger partial charge in [-0.25, -0.2) is 9.67 Å². The average Bonchev–Trinajstić information content (AvgIpc) is 2.66. The van der Waals surface area contributed by atoms with Crippen LogP contribution in [0.2, 0.25) is 0 Å². The number of rotatable bonds is 3. The number of likely N-dealkylation sites (tertiary alicyclic amines) is 1. The van der Waals surface area contributed by atoms with Crippen LogP contribution >= 0.6 is 11.6 Å². The lowest BCUT2D eigenvalue weighted by Crippen LogP contribution is -2.36. The molecule has 0 spiro atoms. The molecule has 1 aliphatic rings. The van der Waals surface area contributed by atoms with Gasteiger partial charge in [-0.3, -0.25) is 4.90 Å². The molecule has 4 nitrogen and oxygen atoms in total. The fraction of sp³-hybridized carbons (Fsp3) is 0.818. The zero-order valence-electron chi connectivity index (χ0n) is 9.93. The summed E-state index contributed by atoms with van der Waals surface area (Å²) >= 11 is 6.17. The SMILES string of the molecule is CC(C)n1ncnc1CN1CCCC(Cl)C1. The molecule has 0 aromatic carbocycles. The predicted octanol–water partition coefficient (Wildman–Crippen LogP) is 2.06.